The number of fused-ring (bicyclic) bond motifs is 1. The second kappa shape index (κ2) is 5.55. The maximum Gasteiger partial charge on any atom is 0.224 e. The molecule has 1 aromatic rings. The number of aromatic nitrogens is 1. The van der Waals surface area contributed by atoms with Gasteiger partial charge in [-0.1, -0.05) is 0 Å². The number of morpholine rings is 1. The summed E-state index contributed by atoms with van der Waals surface area (Å²) in [6.45, 7) is 7.13. The highest BCUT2D eigenvalue weighted by Crippen LogP contribution is 2.30. The standard InChI is InChI=1S/C14H20N4O2S/c19-13-12-9-17(7-10(12)5-15-13)8-11-6-16-14(21-11)18-1-3-20-4-2-18/h6,10,12H,1-5,7-9H2,(H,15,19)/t10-,12+/m0/s1. The molecule has 1 N–H and O–H groups in total. The number of likely N-dealkylation sites (tertiary alicyclic amines) is 1. The zero-order chi connectivity index (χ0) is 14.2. The van der Waals surface area contributed by atoms with Gasteiger partial charge in [-0.3, -0.25) is 9.69 Å². The van der Waals surface area contributed by atoms with Crippen molar-refractivity contribution < 1.29 is 9.53 Å². The quantitative estimate of drug-likeness (QED) is 0.862. The SMILES string of the molecule is O=C1NC[C@H]2CN(Cc3cnc(N4CCOCC4)s3)C[C@@H]12. The van der Waals surface area contributed by atoms with Gasteiger partial charge in [0.05, 0.1) is 19.1 Å². The van der Waals surface area contributed by atoms with Crippen LogP contribution in [0.4, 0.5) is 5.13 Å². The fourth-order valence-electron chi connectivity index (χ4n) is 3.45. The van der Waals surface area contributed by atoms with Crippen LogP contribution in [0.15, 0.2) is 6.20 Å². The Balaban J connectivity index is 1.37. The molecule has 0 aliphatic carbocycles. The summed E-state index contributed by atoms with van der Waals surface area (Å²) in [7, 11) is 0. The van der Waals surface area contributed by atoms with Crippen molar-refractivity contribution >= 4 is 22.4 Å². The first-order chi connectivity index (χ1) is 10.3. The molecule has 0 aromatic carbocycles. The number of carbonyl (C=O) groups is 1. The van der Waals surface area contributed by atoms with Crippen LogP contribution in [0.2, 0.25) is 0 Å². The molecule has 0 saturated carbocycles. The van der Waals surface area contributed by atoms with Crippen LogP contribution in [0.5, 0.6) is 0 Å². The zero-order valence-electron chi connectivity index (χ0n) is 12.0. The lowest BCUT2D eigenvalue weighted by Gasteiger charge is -2.26. The normalized spacial score (nSPS) is 29.7. The maximum atomic E-state index is 11.7. The highest BCUT2D eigenvalue weighted by molar-refractivity contribution is 7.15. The van der Waals surface area contributed by atoms with Crippen LogP contribution in [0.3, 0.4) is 0 Å². The van der Waals surface area contributed by atoms with E-state index < -0.39 is 0 Å². The summed E-state index contributed by atoms with van der Waals surface area (Å²) in [5.74, 6) is 0.946. The van der Waals surface area contributed by atoms with Gasteiger partial charge in [-0.2, -0.15) is 0 Å². The molecule has 0 radical (unpaired) electrons. The van der Waals surface area contributed by atoms with Gasteiger partial charge in [0.15, 0.2) is 5.13 Å². The summed E-state index contributed by atoms with van der Waals surface area (Å²) in [6, 6.07) is 0. The number of hydrogen-bond donors (Lipinski definition) is 1. The Morgan fingerprint density at radius 2 is 2.24 bits per heavy atom. The van der Waals surface area contributed by atoms with E-state index in [0.29, 0.717) is 5.92 Å². The molecule has 1 aromatic heterocycles. The maximum absolute atomic E-state index is 11.7. The van der Waals surface area contributed by atoms with Crippen molar-refractivity contribution in [2.24, 2.45) is 11.8 Å². The molecule has 4 heterocycles. The first-order valence-electron chi connectivity index (χ1n) is 7.57. The van der Waals surface area contributed by atoms with Crippen LogP contribution < -0.4 is 10.2 Å². The number of thiazole rings is 1. The fraction of sp³-hybridized carbons (Fsp3) is 0.714. The molecule has 0 bridgehead atoms. The number of amides is 1. The average Bonchev–Trinajstić information content (AvgIpc) is 3.19. The molecule has 3 aliphatic rings. The van der Waals surface area contributed by atoms with E-state index in [-0.39, 0.29) is 11.8 Å². The monoisotopic (exact) mass is 308 g/mol. The largest absolute Gasteiger partial charge is 0.378 e. The molecule has 2 atom stereocenters. The highest BCUT2D eigenvalue weighted by atomic mass is 32.1. The first-order valence-corrected chi connectivity index (χ1v) is 8.39. The third kappa shape index (κ3) is 2.65. The van der Waals surface area contributed by atoms with Gasteiger partial charge < -0.3 is 15.0 Å². The molecular weight excluding hydrogens is 288 g/mol. The molecule has 114 valence electrons. The number of anilines is 1. The summed E-state index contributed by atoms with van der Waals surface area (Å²) in [4.78, 5) is 22.2. The predicted molar refractivity (Wildman–Crippen MR) is 80.4 cm³/mol. The fourth-order valence-corrected chi connectivity index (χ4v) is 4.45. The van der Waals surface area contributed by atoms with Crippen LogP contribution in [0.1, 0.15) is 4.88 Å². The van der Waals surface area contributed by atoms with Gasteiger partial charge in [-0.15, -0.1) is 11.3 Å². The van der Waals surface area contributed by atoms with Crippen LogP contribution in [0, 0.1) is 11.8 Å². The van der Waals surface area contributed by atoms with Gasteiger partial charge in [0.2, 0.25) is 5.91 Å². The number of carbonyl (C=O) groups excluding carboxylic acids is 1. The Bertz CT molecular complexity index is 529. The van der Waals surface area contributed by atoms with E-state index in [1.165, 1.54) is 4.88 Å². The molecule has 3 aliphatic heterocycles. The average molecular weight is 308 g/mol. The number of nitrogens with zero attached hydrogens (tertiary/aromatic N) is 3. The van der Waals surface area contributed by atoms with Crippen molar-refractivity contribution in [3.63, 3.8) is 0 Å². The number of hydrogen-bond acceptors (Lipinski definition) is 6. The number of nitrogens with one attached hydrogen (secondary N) is 1. The number of ether oxygens (including phenoxy) is 1. The molecule has 4 rings (SSSR count). The van der Waals surface area contributed by atoms with Crippen molar-refractivity contribution in [3.8, 4) is 0 Å². The van der Waals surface area contributed by atoms with Crippen LogP contribution in [0.25, 0.3) is 0 Å². The molecule has 3 fully saturated rings. The lowest BCUT2D eigenvalue weighted by molar-refractivity contribution is -0.122. The molecule has 0 unspecified atom stereocenters. The first kappa shape index (κ1) is 13.5. The van der Waals surface area contributed by atoms with Crippen molar-refractivity contribution in [2.45, 2.75) is 6.54 Å². The Morgan fingerprint density at radius 3 is 3.05 bits per heavy atom. The molecule has 0 spiro atoms. The van der Waals surface area contributed by atoms with Gasteiger partial charge in [-0.05, 0) is 0 Å². The molecule has 6 nitrogen and oxygen atoms in total. The van der Waals surface area contributed by atoms with E-state index in [0.717, 1.165) is 57.6 Å². The molecule has 1 amide bonds. The van der Waals surface area contributed by atoms with Crippen molar-refractivity contribution in [3.05, 3.63) is 11.1 Å². The van der Waals surface area contributed by atoms with Gasteiger partial charge >= 0.3 is 0 Å². The molecule has 21 heavy (non-hydrogen) atoms. The van der Waals surface area contributed by atoms with Crippen LogP contribution in [-0.2, 0) is 16.1 Å². The van der Waals surface area contributed by atoms with Gasteiger partial charge in [-0.25, -0.2) is 4.98 Å². The zero-order valence-corrected chi connectivity index (χ0v) is 12.8. The molecule has 7 heteroatoms. The van der Waals surface area contributed by atoms with Crippen molar-refractivity contribution in [2.75, 3.05) is 50.8 Å². The lowest BCUT2D eigenvalue weighted by Crippen LogP contribution is -2.36. The summed E-state index contributed by atoms with van der Waals surface area (Å²) < 4.78 is 5.38. The Kier molecular flexibility index (Phi) is 3.56. The van der Waals surface area contributed by atoms with E-state index in [1.807, 2.05) is 6.20 Å². The smallest absolute Gasteiger partial charge is 0.224 e. The summed E-state index contributed by atoms with van der Waals surface area (Å²) in [6.07, 6.45) is 1.99. The second-order valence-electron chi connectivity index (χ2n) is 6.01. The van der Waals surface area contributed by atoms with E-state index in [9.17, 15) is 4.79 Å². The van der Waals surface area contributed by atoms with Gasteiger partial charge in [0.25, 0.3) is 0 Å². The summed E-state index contributed by atoms with van der Waals surface area (Å²) in [5, 5.41) is 4.06. The predicted octanol–water partition coefficient (Wildman–Crippen LogP) is 0.157. The number of rotatable bonds is 3. The van der Waals surface area contributed by atoms with Gasteiger partial charge in [0, 0.05) is 56.3 Å². The van der Waals surface area contributed by atoms with E-state index >= 15 is 0 Å². The Morgan fingerprint density at radius 1 is 1.38 bits per heavy atom. The summed E-state index contributed by atoms with van der Waals surface area (Å²) >= 11 is 1.77. The Labute approximate surface area is 128 Å². The molecular formula is C14H20N4O2S. The lowest BCUT2D eigenvalue weighted by atomic mass is 10.0. The third-order valence-electron chi connectivity index (χ3n) is 4.59. The van der Waals surface area contributed by atoms with Crippen LogP contribution in [-0.4, -0.2) is 61.7 Å². The third-order valence-corrected chi connectivity index (χ3v) is 5.64. The minimum atomic E-state index is 0.205. The van der Waals surface area contributed by atoms with E-state index in [2.05, 4.69) is 20.1 Å². The van der Waals surface area contributed by atoms with Crippen molar-refractivity contribution in [1.29, 1.82) is 0 Å². The summed E-state index contributed by atoms with van der Waals surface area (Å²) in [5.41, 5.74) is 0. The minimum absolute atomic E-state index is 0.205. The topological polar surface area (TPSA) is 57.7 Å². The van der Waals surface area contributed by atoms with E-state index in [1.54, 1.807) is 11.3 Å². The van der Waals surface area contributed by atoms with E-state index in [4.69, 9.17) is 4.74 Å². The minimum Gasteiger partial charge on any atom is -0.378 e. The van der Waals surface area contributed by atoms with Crippen molar-refractivity contribution in [1.82, 2.24) is 15.2 Å². The van der Waals surface area contributed by atoms with Gasteiger partial charge in [0.1, 0.15) is 0 Å². The second-order valence-corrected chi connectivity index (χ2v) is 7.11. The van der Waals surface area contributed by atoms with Crippen LogP contribution >= 0.6 is 11.3 Å². The molecule has 3 saturated heterocycles. The Hall–Kier alpha value is -1.18. The highest BCUT2D eigenvalue weighted by Gasteiger charge is 2.41.